The van der Waals surface area contributed by atoms with Crippen LogP contribution in [0.5, 0.6) is 0 Å². The molecular formula is C19H26F2N2O3. The minimum absolute atomic E-state index is 0.160. The lowest BCUT2D eigenvalue weighted by molar-refractivity contribution is -0.142. The van der Waals surface area contributed by atoms with Crippen molar-refractivity contribution in [1.29, 1.82) is 0 Å². The van der Waals surface area contributed by atoms with Crippen molar-refractivity contribution < 1.29 is 23.1 Å². The lowest BCUT2D eigenvalue weighted by atomic mass is 9.92. The monoisotopic (exact) mass is 368 g/mol. The Morgan fingerprint density at radius 3 is 2.85 bits per heavy atom. The van der Waals surface area contributed by atoms with Gasteiger partial charge in [0.05, 0.1) is 13.0 Å². The van der Waals surface area contributed by atoms with Gasteiger partial charge in [-0.1, -0.05) is 6.07 Å². The van der Waals surface area contributed by atoms with Gasteiger partial charge in [0.1, 0.15) is 0 Å². The lowest BCUT2D eigenvalue weighted by Gasteiger charge is -2.33. The second-order valence-corrected chi connectivity index (χ2v) is 6.53. The van der Waals surface area contributed by atoms with Crippen LogP contribution in [0.1, 0.15) is 38.2 Å². The van der Waals surface area contributed by atoms with Gasteiger partial charge in [0.15, 0.2) is 11.6 Å². The molecule has 1 aromatic carbocycles. The molecule has 1 aliphatic heterocycles. The number of halogens is 2. The van der Waals surface area contributed by atoms with Crippen LogP contribution in [0.3, 0.4) is 0 Å². The minimum Gasteiger partial charge on any atom is -0.466 e. The highest BCUT2D eigenvalue weighted by atomic mass is 19.2. The van der Waals surface area contributed by atoms with Crippen molar-refractivity contribution in [3.63, 3.8) is 0 Å². The normalized spacial score (nSPS) is 17.0. The molecule has 26 heavy (non-hydrogen) atoms. The fourth-order valence-electron chi connectivity index (χ4n) is 3.17. The zero-order chi connectivity index (χ0) is 18.9. The first-order chi connectivity index (χ1) is 12.5. The molecule has 1 atom stereocenters. The number of benzene rings is 1. The number of nitrogens with zero attached hydrogens (tertiary/aromatic N) is 1. The number of rotatable bonds is 7. The van der Waals surface area contributed by atoms with Crippen LogP contribution < -0.4 is 5.32 Å². The fraction of sp³-hybridized carbons (Fsp3) is 0.579. The van der Waals surface area contributed by atoms with E-state index in [0.717, 1.165) is 30.9 Å². The number of amides is 2. The number of hydrogen-bond donors (Lipinski definition) is 1. The molecule has 7 heteroatoms. The Kier molecular flexibility index (Phi) is 7.81. The molecule has 2 amide bonds. The molecule has 0 bridgehead atoms. The number of esters is 1. The highest BCUT2D eigenvalue weighted by molar-refractivity contribution is 5.75. The molecule has 0 aliphatic carbocycles. The molecule has 1 fully saturated rings. The van der Waals surface area contributed by atoms with E-state index in [2.05, 4.69) is 5.32 Å². The lowest BCUT2D eigenvalue weighted by Crippen LogP contribution is -2.46. The molecule has 1 unspecified atom stereocenters. The predicted molar refractivity (Wildman–Crippen MR) is 93.6 cm³/mol. The SMILES string of the molecule is CCOC(=O)CCNC(=O)N1CCCC(CCc2ccc(F)c(F)c2)C1. The molecule has 1 saturated heterocycles. The van der Waals surface area contributed by atoms with Crippen LogP contribution in [0.15, 0.2) is 18.2 Å². The maximum absolute atomic E-state index is 13.3. The van der Waals surface area contributed by atoms with Gasteiger partial charge < -0.3 is 15.0 Å². The molecule has 1 aliphatic rings. The van der Waals surface area contributed by atoms with Crippen molar-refractivity contribution in [2.75, 3.05) is 26.2 Å². The smallest absolute Gasteiger partial charge is 0.317 e. The second-order valence-electron chi connectivity index (χ2n) is 6.53. The van der Waals surface area contributed by atoms with Crippen LogP contribution in [0.4, 0.5) is 13.6 Å². The zero-order valence-corrected chi connectivity index (χ0v) is 15.1. The van der Waals surface area contributed by atoms with E-state index in [9.17, 15) is 18.4 Å². The molecule has 1 heterocycles. The average Bonchev–Trinajstić information content (AvgIpc) is 2.63. The molecule has 1 N–H and O–H groups in total. The van der Waals surface area contributed by atoms with Crippen LogP contribution >= 0.6 is 0 Å². The van der Waals surface area contributed by atoms with Crippen molar-refractivity contribution in [3.8, 4) is 0 Å². The summed E-state index contributed by atoms with van der Waals surface area (Å²) >= 11 is 0. The third-order valence-corrected chi connectivity index (χ3v) is 4.54. The van der Waals surface area contributed by atoms with E-state index in [0.29, 0.717) is 32.0 Å². The van der Waals surface area contributed by atoms with Crippen molar-refractivity contribution in [3.05, 3.63) is 35.4 Å². The van der Waals surface area contributed by atoms with E-state index in [-0.39, 0.29) is 25.0 Å². The number of carbonyl (C=O) groups excluding carboxylic acids is 2. The summed E-state index contributed by atoms with van der Waals surface area (Å²) in [5.41, 5.74) is 0.764. The van der Waals surface area contributed by atoms with Crippen LogP contribution in [0, 0.1) is 17.6 Å². The fourth-order valence-corrected chi connectivity index (χ4v) is 3.17. The summed E-state index contributed by atoms with van der Waals surface area (Å²) in [5.74, 6) is -1.66. The number of likely N-dealkylation sites (tertiary alicyclic amines) is 1. The summed E-state index contributed by atoms with van der Waals surface area (Å²) in [6.07, 6.45) is 3.55. The first-order valence-electron chi connectivity index (χ1n) is 9.12. The first kappa shape index (κ1) is 20.1. The van der Waals surface area contributed by atoms with E-state index in [1.54, 1.807) is 17.9 Å². The summed E-state index contributed by atoms with van der Waals surface area (Å²) in [5, 5.41) is 2.74. The Morgan fingerprint density at radius 2 is 2.12 bits per heavy atom. The number of aryl methyl sites for hydroxylation is 1. The van der Waals surface area contributed by atoms with Crippen molar-refractivity contribution in [2.24, 2.45) is 5.92 Å². The summed E-state index contributed by atoms with van der Waals surface area (Å²) in [6.45, 7) is 3.65. The summed E-state index contributed by atoms with van der Waals surface area (Å²) in [4.78, 5) is 25.2. The van der Waals surface area contributed by atoms with Gasteiger partial charge in [-0.25, -0.2) is 13.6 Å². The molecule has 2 rings (SSSR count). The van der Waals surface area contributed by atoms with Crippen molar-refractivity contribution in [2.45, 2.75) is 39.0 Å². The third-order valence-electron chi connectivity index (χ3n) is 4.54. The maximum Gasteiger partial charge on any atom is 0.317 e. The standard InChI is InChI=1S/C19H26F2N2O3/c1-2-26-18(24)9-10-22-19(25)23-11-3-4-15(13-23)6-5-14-7-8-16(20)17(21)12-14/h7-8,12,15H,2-6,9-11,13H2,1H3,(H,22,25). The molecule has 1 aromatic rings. The van der Waals surface area contributed by atoms with E-state index >= 15 is 0 Å². The number of piperidine rings is 1. The Balaban J connectivity index is 1.74. The molecule has 0 spiro atoms. The van der Waals surface area contributed by atoms with Gasteiger partial charge >= 0.3 is 12.0 Å². The second kappa shape index (κ2) is 10.1. The van der Waals surface area contributed by atoms with Crippen LogP contribution in [0.25, 0.3) is 0 Å². The molecular weight excluding hydrogens is 342 g/mol. The number of ether oxygens (including phenoxy) is 1. The van der Waals surface area contributed by atoms with Crippen molar-refractivity contribution >= 4 is 12.0 Å². The summed E-state index contributed by atoms with van der Waals surface area (Å²) in [7, 11) is 0. The number of urea groups is 1. The predicted octanol–water partition coefficient (Wildman–Crippen LogP) is 3.27. The first-order valence-corrected chi connectivity index (χ1v) is 9.12. The Morgan fingerprint density at radius 1 is 1.31 bits per heavy atom. The van der Waals surface area contributed by atoms with E-state index in [1.807, 2.05) is 0 Å². The molecule has 5 nitrogen and oxygen atoms in total. The molecule has 144 valence electrons. The summed E-state index contributed by atoms with van der Waals surface area (Å²) in [6, 6.07) is 3.81. The van der Waals surface area contributed by atoms with E-state index in [1.165, 1.54) is 6.07 Å². The van der Waals surface area contributed by atoms with Crippen molar-refractivity contribution in [1.82, 2.24) is 10.2 Å². The largest absolute Gasteiger partial charge is 0.466 e. The Bertz CT molecular complexity index is 625. The molecule has 0 aromatic heterocycles. The Labute approximate surface area is 152 Å². The highest BCUT2D eigenvalue weighted by Crippen LogP contribution is 2.22. The van der Waals surface area contributed by atoms with Gasteiger partial charge in [-0.05, 0) is 56.2 Å². The molecule has 0 radical (unpaired) electrons. The average molecular weight is 368 g/mol. The summed E-state index contributed by atoms with van der Waals surface area (Å²) < 4.78 is 31.1. The van der Waals surface area contributed by atoms with E-state index < -0.39 is 11.6 Å². The maximum atomic E-state index is 13.3. The number of hydrogen-bond acceptors (Lipinski definition) is 3. The van der Waals surface area contributed by atoms with Crippen LogP contribution in [-0.2, 0) is 16.0 Å². The minimum atomic E-state index is -0.836. The van der Waals surface area contributed by atoms with Crippen LogP contribution in [-0.4, -0.2) is 43.1 Å². The number of carbonyl (C=O) groups is 2. The highest BCUT2D eigenvalue weighted by Gasteiger charge is 2.23. The van der Waals surface area contributed by atoms with Gasteiger partial charge in [-0.3, -0.25) is 4.79 Å². The quantitative estimate of drug-likeness (QED) is 0.752. The zero-order valence-electron chi connectivity index (χ0n) is 15.1. The van der Waals surface area contributed by atoms with Gasteiger partial charge in [-0.15, -0.1) is 0 Å². The Hall–Kier alpha value is -2.18. The molecule has 0 saturated carbocycles. The van der Waals surface area contributed by atoms with Gasteiger partial charge in [0, 0.05) is 19.6 Å². The van der Waals surface area contributed by atoms with Gasteiger partial charge in [0.2, 0.25) is 0 Å². The van der Waals surface area contributed by atoms with Crippen LogP contribution in [0.2, 0.25) is 0 Å². The third kappa shape index (κ3) is 6.28. The topological polar surface area (TPSA) is 58.6 Å². The van der Waals surface area contributed by atoms with Gasteiger partial charge in [0.25, 0.3) is 0 Å². The van der Waals surface area contributed by atoms with Gasteiger partial charge in [-0.2, -0.15) is 0 Å². The van der Waals surface area contributed by atoms with E-state index in [4.69, 9.17) is 4.74 Å². The number of nitrogens with one attached hydrogen (secondary N) is 1.